The maximum Gasteiger partial charge on any atom is 0.166 e. The highest BCUT2D eigenvalue weighted by Gasteiger charge is 2.21. The van der Waals surface area contributed by atoms with E-state index in [2.05, 4.69) is 10.1 Å². The van der Waals surface area contributed by atoms with Gasteiger partial charge in [-0.25, -0.2) is 0 Å². The minimum Gasteiger partial charge on any atom is -0.489 e. The lowest BCUT2D eigenvalue weighted by molar-refractivity contribution is 0.0472. The Morgan fingerprint density at radius 3 is 2.87 bits per heavy atom. The number of rotatable bonds is 5. The van der Waals surface area contributed by atoms with E-state index >= 15 is 0 Å². The summed E-state index contributed by atoms with van der Waals surface area (Å²) in [5.74, 6) is 0.831. The number of halogens is 1. The average molecular weight is 334 g/mol. The monoisotopic (exact) mass is 333 g/mol. The Morgan fingerprint density at radius 1 is 1.30 bits per heavy atom. The molecule has 0 fully saturated rings. The van der Waals surface area contributed by atoms with Crippen molar-refractivity contribution in [3.05, 3.63) is 48.3 Å². The molecule has 0 amide bonds. The van der Waals surface area contributed by atoms with Crippen molar-refractivity contribution in [1.29, 1.82) is 0 Å². The molecule has 2 N–H and O–H groups in total. The van der Waals surface area contributed by atoms with E-state index in [0.29, 0.717) is 13.2 Å². The number of aromatic nitrogens is 1. The predicted molar refractivity (Wildman–Crippen MR) is 93.1 cm³/mol. The van der Waals surface area contributed by atoms with Crippen molar-refractivity contribution >= 4 is 18.1 Å². The number of ether oxygens (including phenoxy) is 1. The molecule has 2 heterocycles. The zero-order valence-corrected chi connectivity index (χ0v) is 13.8. The Kier molecular flexibility index (Phi) is 5.96. The number of aryl methyl sites for hydroxylation is 1. The van der Waals surface area contributed by atoms with Gasteiger partial charge in [-0.05, 0) is 30.7 Å². The summed E-state index contributed by atoms with van der Waals surface area (Å²) in [7, 11) is 0. The summed E-state index contributed by atoms with van der Waals surface area (Å²) in [6.07, 6.45) is 2.47. The van der Waals surface area contributed by atoms with Crippen LogP contribution in [0.25, 0.3) is 11.1 Å². The second kappa shape index (κ2) is 7.94. The van der Waals surface area contributed by atoms with Gasteiger partial charge >= 0.3 is 0 Å². The first-order valence-corrected chi connectivity index (χ1v) is 7.33. The number of hydrogen-bond donors (Lipinski definition) is 1. The second-order valence-electron chi connectivity index (χ2n) is 5.29. The number of benzene rings is 1. The van der Waals surface area contributed by atoms with Crippen molar-refractivity contribution in [3.8, 4) is 16.9 Å². The van der Waals surface area contributed by atoms with Gasteiger partial charge in [-0.1, -0.05) is 23.4 Å². The number of nitrogens with zero attached hydrogens (tertiary/aromatic N) is 2. The second-order valence-corrected chi connectivity index (χ2v) is 5.29. The molecule has 0 bridgehead atoms. The van der Waals surface area contributed by atoms with Gasteiger partial charge in [-0.2, -0.15) is 0 Å². The molecule has 1 atom stereocenters. The minimum atomic E-state index is -0.0641. The Hall–Kier alpha value is -2.11. The molecule has 1 aliphatic rings. The van der Waals surface area contributed by atoms with E-state index in [1.807, 2.05) is 49.5 Å². The molecule has 0 radical (unpaired) electrons. The number of hydrogen-bond acceptors (Lipinski definition) is 5. The Morgan fingerprint density at radius 2 is 2.13 bits per heavy atom. The average Bonchev–Trinajstić information content (AvgIpc) is 3.01. The highest BCUT2D eigenvalue weighted by molar-refractivity contribution is 5.87. The third kappa shape index (κ3) is 4.21. The number of oxime groups is 1. The fourth-order valence-corrected chi connectivity index (χ4v) is 2.42. The van der Waals surface area contributed by atoms with E-state index in [9.17, 15) is 0 Å². The maximum absolute atomic E-state index is 5.95. The van der Waals surface area contributed by atoms with Crippen LogP contribution in [0, 0.1) is 6.92 Å². The zero-order valence-electron chi connectivity index (χ0n) is 12.9. The number of para-hydroxylation sites is 1. The lowest BCUT2D eigenvalue weighted by Crippen LogP contribution is -2.20. The molecule has 0 saturated heterocycles. The van der Waals surface area contributed by atoms with Crippen molar-refractivity contribution in [3.63, 3.8) is 0 Å². The van der Waals surface area contributed by atoms with Gasteiger partial charge in [-0.3, -0.25) is 4.98 Å². The standard InChI is InChI=1S/C17H19N3O2.ClH/c1-12-8-13(6-7-19-12)16-4-2-3-5-17(16)21-11-15-9-14(10-18)20-22-15;/h2-8,15H,9-11,18H2,1H3;1H. The van der Waals surface area contributed by atoms with Gasteiger partial charge in [-0.15, -0.1) is 12.4 Å². The van der Waals surface area contributed by atoms with Gasteiger partial charge in [0, 0.05) is 30.4 Å². The SMILES string of the molecule is Cc1cc(-c2ccccc2OCC2CC(CN)=NO2)ccn1.Cl. The molecule has 1 aliphatic heterocycles. The van der Waals surface area contributed by atoms with Gasteiger partial charge in [0.25, 0.3) is 0 Å². The lowest BCUT2D eigenvalue weighted by Gasteiger charge is -2.14. The maximum atomic E-state index is 5.95. The summed E-state index contributed by atoms with van der Waals surface area (Å²) in [6, 6.07) is 12.0. The first kappa shape index (κ1) is 17.2. The van der Waals surface area contributed by atoms with Crippen LogP contribution >= 0.6 is 12.4 Å². The van der Waals surface area contributed by atoms with Gasteiger partial charge in [0.2, 0.25) is 0 Å². The van der Waals surface area contributed by atoms with Crippen LogP contribution in [0.15, 0.2) is 47.8 Å². The quantitative estimate of drug-likeness (QED) is 0.913. The molecule has 2 aromatic rings. The molecule has 6 heteroatoms. The summed E-state index contributed by atoms with van der Waals surface area (Å²) in [5.41, 5.74) is 9.56. The van der Waals surface area contributed by atoms with Crippen molar-refractivity contribution in [2.45, 2.75) is 19.4 Å². The molecule has 5 nitrogen and oxygen atoms in total. The summed E-state index contributed by atoms with van der Waals surface area (Å²) in [6.45, 7) is 2.86. The topological polar surface area (TPSA) is 69.7 Å². The third-order valence-corrected chi connectivity index (χ3v) is 3.55. The molecule has 1 unspecified atom stereocenters. The normalized spacial score (nSPS) is 16.3. The molecular weight excluding hydrogens is 314 g/mol. The van der Waals surface area contributed by atoms with E-state index in [0.717, 1.165) is 34.7 Å². The summed E-state index contributed by atoms with van der Waals surface area (Å²) in [4.78, 5) is 9.55. The van der Waals surface area contributed by atoms with Gasteiger partial charge in [0.05, 0.1) is 5.71 Å². The fraction of sp³-hybridized carbons (Fsp3) is 0.294. The molecule has 23 heavy (non-hydrogen) atoms. The van der Waals surface area contributed by atoms with Crippen LogP contribution in [0.1, 0.15) is 12.1 Å². The Labute approximate surface area is 141 Å². The van der Waals surface area contributed by atoms with Crippen molar-refractivity contribution < 1.29 is 9.57 Å². The Bertz CT molecular complexity index is 691. The van der Waals surface area contributed by atoms with Crippen LogP contribution in [-0.4, -0.2) is 30.0 Å². The molecule has 1 aromatic heterocycles. The van der Waals surface area contributed by atoms with E-state index in [1.165, 1.54) is 0 Å². The molecule has 1 aromatic carbocycles. The largest absolute Gasteiger partial charge is 0.489 e. The van der Waals surface area contributed by atoms with E-state index < -0.39 is 0 Å². The Balaban J connectivity index is 0.00000192. The first-order valence-electron chi connectivity index (χ1n) is 7.33. The molecule has 0 spiro atoms. The smallest absolute Gasteiger partial charge is 0.166 e. The van der Waals surface area contributed by atoms with Gasteiger partial charge < -0.3 is 15.3 Å². The van der Waals surface area contributed by atoms with E-state index in [1.54, 1.807) is 0 Å². The van der Waals surface area contributed by atoms with Crippen molar-refractivity contribution in [2.24, 2.45) is 10.9 Å². The summed E-state index contributed by atoms with van der Waals surface area (Å²) < 4.78 is 5.95. The van der Waals surface area contributed by atoms with Gasteiger partial charge in [0.1, 0.15) is 12.4 Å². The van der Waals surface area contributed by atoms with E-state index in [-0.39, 0.29) is 18.5 Å². The highest BCUT2D eigenvalue weighted by atomic mass is 35.5. The molecular formula is C17H20ClN3O2. The lowest BCUT2D eigenvalue weighted by atomic mass is 10.1. The van der Waals surface area contributed by atoms with E-state index in [4.69, 9.17) is 15.3 Å². The zero-order chi connectivity index (χ0) is 15.4. The summed E-state index contributed by atoms with van der Waals surface area (Å²) >= 11 is 0. The van der Waals surface area contributed by atoms with Crippen LogP contribution in [0.4, 0.5) is 0 Å². The summed E-state index contributed by atoms with van der Waals surface area (Å²) in [5, 5.41) is 3.94. The van der Waals surface area contributed by atoms with Crippen LogP contribution in [0.5, 0.6) is 5.75 Å². The third-order valence-electron chi connectivity index (χ3n) is 3.55. The molecule has 122 valence electrons. The van der Waals surface area contributed by atoms with Gasteiger partial charge in [0.15, 0.2) is 6.10 Å². The fourth-order valence-electron chi connectivity index (χ4n) is 2.42. The van der Waals surface area contributed by atoms with Crippen LogP contribution in [0.2, 0.25) is 0 Å². The number of pyridine rings is 1. The first-order chi connectivity index (χ1) is 10.8. The predicted octanol–water partition coefficient (Wildman–Crippen LogP) is 2.96. The van der Waals surface area contributed by atoms with Crippen molar-refractivity contribution in [2.75, 3.05) is 13.2 Å². The molecule has 0 saturated carbocycles. The van der Waals surface area contributed by atoms with Crippen molar-refractivity contribution in [1.82, 2.24) is 4.98 Å². The number of nitrogens with two attached hydrogens (primary N) is 1. The van der Waals surface area contributed by atoms with Crippen LogP contribution in [-0.2, 0) is 4.84 Å². The van der Waals surface area contributed by atoms with Crippen LogP contribution < -0.4 is 10.5 Å². The minimum absolute atomic E-state index is 0. The highest BCUT2D eigenvalue weighted by Crippen LogP contribution is 2.30. The molecule has 0 aliphatic carbocycles. The molecule has 3 rings (SSSR count). The van der Waals surface area contributed by atoms with Crippen LogP contribution in [0.3, 0.4) is 0 Å².